The van der Waals surface area contributed by atoms with E-state index < -0.39 is 24.1 Å². The van der Waals surface area contributed by atoms with Crippen LogP contribution in [0.5, 0.6) is 0 Å². The van der Waals surface area contributed by atoms with E-state index in [1.165, 1.54) is 12.4 Å². The number of ether oxygens (including phenoxy) is 1. The number of hydrogen-bond donors (Lipinski definition) is 0. The number of aromatic nitrogens is 2. The van der Waals surface area contributed by atoms with Gasteiger partial charge in [0.2, 0.25) is 0 Å². The van der Waals surface area contributed by atoms with E-state index in [-0.39, 0.29) is 23.3 Å². The Morgan fingerprint density at radius 3 is 2.68 bits per heavy atom. The topological polar surface area (TPSA) is 78.8 Å². The van der Waals surface area contributed by atoms with E-state index in [9.17, 15) is 14.0 Å². The van der Waals surface area contributed by atoms with E-state index >= 15 is 4.39 Å². The lowest BCUT2D eigenvalue weighted by Gasteiger charge is -2.43. The van der Waals surface area contributed by atoms with E-state index in [2.05, 4.69) is 32.8 Å². The molecule has 3 unspecified atom stereocenters. The molecule has 3 fully saturated rings. The van der Waals surface area contributed by atoms with Gasteiger partial charge in [0.25, 0.3) is 5.92 Å². The number of likely N-dealkylation sites (tertiary alicyclic amines) is 1. The fraction of sp³-hybridized carbons (Fsp3) is 0.478. The highest BCUT2D eigenvalue weighted by Gasteiger charge is 2.59. The molecule has 0 spiro atoms. The van der Waals surface area contributed by atoms with Crippen LogP contribution in [0.2, 0.25) is 5.15 Å². The van der Waals surface area contributed by atoms with Crippen molar-refractivity contribution in [3.05, 3.63) is 40.2 Å². The van der Waals surface area contributed by atoms with Crippen LogP contribution in [0.4, 0.5) is 24.5 Å². The predicted octanol–water partition coefficient (Wildman–Crippen LogP) is 4.60. The van der Waals surface area contributed by atoms with Crippen molar-refractivity contribution in [3.63, 3.8) is 0 Å². The maximum absolute atomic E-state index is 15.2. The van der Waals surface area contributed by atoms with Crippen molar-refractivity contribution in [2.24, 2.45) is 9.98 Å². The second kappa shape index (κ2) is 8.80. The minimum atomic E-state index is -2.82. The Labute approximate surface area is 199 Å². The van der Waals surface area contributed by atoms with Gasteiger partial charge in [-0.3, -0.25) is 14.9 Å². The highest BCUT2D eigenvalue weighted by atomic mass is 35.5. The maximum Gasteiger partial charge on any atom is 0.272 e. The summed E-state index contributed by atoms with van der Waals surface area (Å²) in [6.07, 6.45) is 1.89. The number of hydrogen-bond acceptors (Lipinski definition) is 6. The van der Waals surface area contributed by atoms with Crippen molar-refractivity contribution >= 4 is 35.9 Å². The number of piperidine rings is 1. The normalized spacial score (nSPS) is 26.9. The minimum Gasteiger partial charge on any atom is -0.378 e. The number of aliphatic imine (C=N–C) groups is 2. The molecule has 3 aliphatic rings. The summed E-state index contributed by atoms with van der Waals surface area (Å²) < 4.78 is 48.2. The first-order valence-corrected chi connectivity index (χ1v) is 11.4. The zero-order valence-corrected chi connectivity index (χ0v) is 18.9. The van der Waals surface area contributed by atoms with Gasteiger partial charge in [-0.05, 0) is 37.4 Å². The van der Waals surface area contributed by atoms with Crippen LogP contribution in [-0.2, 0) is 4.74 Å². The number of benzene rings is 1. The van der Waals surface area contributed by atoms with Gasteiger partial charge in [-0.2, -0.15) is 10.4 Å². The Kier molecular flexibility index (Phi) is 5.96. The highest BCUT2D eigenvalue weighted by Crippen LogP contribution is 2.53. The zero-order valence-electron chi connectivity index (χ0n) is 18.2. The number of nitrogens with zero attached hydrogens (tertiary/aromatic N) is 6. The molecule has 1 aromatic carbocycles. The van der Waals surface area contributed by atoms with Crippen molar-refractivity contribution < 1.29 is 17.9 Å². The fourth-order valence-electron chi connectivity index (χ4n) is 4.55. The Balaban J connectivity index is 1.38. The van der Waals surface area contributed by atoms with Gasteiger partial charge >= 0.3 is 0 Å². The predicted molar refractivity (Wildman–Crippen MR) is 122 cm³/mol. The Bertz CT molecular complexity index is 1190. The molecule has 11 heteroatoms. The SMILES string of the molecule is C=Nc1cc(C2CCN(C3COC3)CC2F)c(C#N)cc1C=Nc1cnn(C2CC2(F)F)c1Cl. The van der Waals surface area contributed by atoms with E-state index in [4.69, 9.17) is 16.3 Å². The molecule has 1 aromatic heterocycles. The molecular weight excluding hydrogens is 469 g/mol. The van der Waals surface area contributed by atoms with Crippen molar-refractivity contribution in [3.8, 4) is 6.07 Å². The largest absolute Gasteiger partial charge is 0.378 e. The van der Waals surface area contributed by atoms with Gasteiger partial charge in [-0.15, -0.1) is 0 Å². The summed E-state index contributed by atoms with van der Waals surface area (Å²) in [7, 11) is 0. The molecule has 2 aromatic rings. The molecule has 7 nitrogen and oxygen atoms in total. The van der Waals surface area contributed by atoms with Crippen molar-refractivity contribution in [2.75, 3.05) is 26.3 Å². The second-order valence-corrected chi connectivity index (χ2v) is 9.23. The fourth-order valence-corrected chi connectivity index (χ4v) is 4.81. The zero-order chi connectivity index (χ0) is 24.0. The lowest BCUT2D eigenvalue weighted by atomic mass is 9.84. The van der Waals surface area contributed by atoms with E-state index in [0.29, 0.717) is 48.6 Å². The third-order valence-electron chi connectivity index (χ3n) is 6.75. The summed E-state index contributed by atoms with van der Waals surface area (Å²) in [5.74, 6) is -3.24. The van der Waals surface area contributed by atoms with Gasteiger partial charge in [-0.1, -0.05) is 11.6 Å². The first-order chi connectivity index (χ1) is 16.3. The summed E-state index contributed by atoms with van der Waals surface area (Å²) in [6.45, 7) is 5.88. The van der Waals surface area contributed by atoms with Crippen LogP contribution in [0.25, 0.3) is 0 Å². The second-order valence-electron chi connectivity index (χ2n) is 8.87. The summed E-state index contributed by atoms with van der Waals surface area (Å²) in [4.78, 5) is 10.4. The van der Waals surface area contributed by atoms with Crippen LogP contribution in [0.1, 0.15) is 41.5 Å². The smallest absolute Gasteiger partial charge is 0.272 e. The van der Waals surface area contributed by atoms with Crippen LogP contribution in [0, 0.1) is 11.3 Å². The van der Waals surface area contributed by atoms with Crippen molar-refractivity contribution in [2.45, 2.75) is 42.9 Å². The molecule has 3 heterocycles. The Morgan fingerprint density at radius 1 is 1.32 bits per heavy atom. The van der Waals surface area contributed by atoms with Crippen LogP contribution >= 0.6 is 11.6 Å². The molecule has 3 atom stereocenters. The number of alkyl halides is 3. The summed E-state index contributed by atoms with van der Waals surface area (Å²) in [5, 5.41) is 13.7. The number of rotatable bonds is 6. The van der Waals surface area contributed by atoms with E-state index in [0.717, 1.165) is 11.2 Å². The average Bonchev–Trinajstić information content (AvgIpc) is 3.25. The lowest BCUT2D eigenvalue weighted by Crippen LogP contribution is -2.54. The van der Waals surface area contributed by atoms with Gasteiger partial charge in [-0.25, -0.2) is 17.9 Å². The van der Waals surface area contributed by atoms with Gasteiger partial charge in [0.05, 0.1) is 42.8 Å². The molecule has 0 radical (unpaired) electrons. The molecule has 0 bridgehead atoms. The summed E-state index contributed by atoms with van der Waals surface area (Å²) in [6, 6.07) is 4.64. The molecule has 1 saturated carbocycles. The maximum atomic E-state index is 15.2. The average molecular weight is 491 g/mol. The van der Waals surface area contributed by atoms with Crippen LogP contribution in [0.15, 0.2) is 28.3 Å². The van der Waals surface area contributed by atoms with Crippen molar-refractivity contribution in [1.29, 1.82) is 5.26 Å². The lowest BCUT2D eigenvalue weighted by molar-refractivity contribution is -0.0807. The summed E-state index contributed by atoms with van der Waals surface area (Å²) in [5.41, 5.74) is 2.08. The quantitative estimate of drug-likeness (QED) is 0.554. The molecule has 2 saturated heterocycles. The Hall–Kier alpha value is -2.74. The Morgan fingerprint density at radius 2 is 2.09 bits per heavy atom. The molecule has 0 N–H and O–H groups in total. The summed E-state index contributed by atoms with van der Waals surface area (Å²) >= 11 is 6.19. The third-order valence-corrected chi connectivity index (χ3v) is 7.11. The van der Waals surface area contributed by atoms with Gasteiger partial charge in [0.15, 0.2) is 5.15 Å². The highest BCUT2D eigenvalue weighted by molar-refractivity contribution is 6.32. The number of nitriles is 1. The third kappa shape index (κ3) is 4.13. The van der Waals surface area contributed by atoms with Crippen LogP contribution in [-0.4, -0.2) is 72.1 Å². The molecule has 5 rings (SSSR count). The van der Waals surface area contributed by atoms with E-state index in [1.54, 1.807) is 12.1 Å². The molecular formula is C23H22ClF3N6O. The first kappa shape index (κ1) is 23.0. The molecule has 1 aliphatic carbocycles. The van der Waals surface area contributed by atoms with Crippen LogP contribution < -0.4 is 0 Å². The van der Waals surface area contributed by atoms with E-state index in [1.807, 2.05) is 0 Å². The van der Waals surface area contributed by atoms with Crippen LogP contribution in [0.3, 0.4) is 0 Å². The number of halogens is 4. The molecule has 34 heavy (non-hydrogen) atoms. The minimum absolute atomic E-state index is 0.00700. The first-order valence-electron chi connectivity index (χ1n) is 11.0. The van der Waals surface area contributed by atoms with Gasteiger partial charge in [0, 0.05) is 30.7 Å². The van der Waals surface area contributed by atoms with Crippen molar-refractivity contribution in [1.82, 2.24) is 14.7 Å². The standard InChI is InChI=1S/C23H22ClF3N6O/c1-29-19-5-17(16-2-3-32(10-18(16)25)15-11-34-12-15)13(7-28)4-14(19)8-30-20-9-31-33(22(20)24)21-6-23(21,26)27/h4-5,8-9,15-16,18,21H,1-3,6,10-12H2. The van der Waals surface area contributed by atoms with Gasteiger partial charge in [0.1, 0.15) is 17.9 Å². The van der Waals surface area contributed by atoms with Gasteiger partial charge < -0.3 is 4.74 Å². The molecule has 178 valence electrons. The monoisotopic (exact) mass is 490 g/mol. The molecule has 0 amide bonds. The molecule has 2 aliphatic heterocycles.